The molecule has 5 nitrogen and oxygen atoms in total. The highest BCUT2D eigenvalue weighted by atomic mass is 16.5. The summed E-state index contributed by atoms with van der Waals surface area (Å²) in [7, 11) is 3.52. The van der Waals surface area contributed by atoms with Gasteiger partial charge in [0.2, 0.25) is 0 Å². The second-order valence-electron chi connectivity index (χ2n) is 5.03. The number of likely N-dealkylation sites (tertiary alicyclic amines) is 1. The molecule has 19 heavy (non-hydrogen) atoms. The number of aromatic nitrogens is 2. The normalized spacial score (nSPS) is 20.0. The van der Waals surface area contributed by atoms with Crippen molar-refractivity contribution < 1.29 is 9.53 Å². The Morgan fingerprint density at radius 1 is 1.53 bits per heavy atom. The Balaban J connectivity index is 2.06. The van der Waals surface area contributed by atoms with E-state index in [2.05, 4.69) is 16.9 Å². The third-order valence-electron chi connectivity index (χ3n) is 3.76. The molecule has 0 saturated carbocycles. The van der Waals surface area contributed by atoms with Crippen molar-refractivity contribution in [3.63, 3.8) is 0 Å². The summed E-state index contributed by atoms with van der Waals surface area (Å²) < 4.78 is 6.82. The van der Waals surface area contributed by atoms with Gasteiger partial charge in [0.25, 0.3) is 0 Å². The quantitative estimate of drug-likeness (QED) is 0.768. The fourth-order valence-corrected chi connectivity index (χ4v) is 2.77. The minimum atomic E-state index is -0.319. The SMILES string of the molecule is COC(=O)c1cccn2c(C3CCN(C)C3)ncc12. The first-order valence-corrected chi connectivity index (χ1v) is 6.43. The van der Waals surface area contributed by atoms with Crippen LogP contribution in [0.25, 0.3) is 5.52 Å². The molecule has 100 valence electrons. The van der Waals surface area contributed by atoms with Crippen LogP contribution in [0.4, 0.5) is 0 Å². The van der Waals surface area contributed by atoms with E-state index in [-0.39, 0.29) is 5.97 Å². The minimum Gasteiger partial charge on any atom is -0.465 e. The Morgan fingerprint density at radius 3 is 3.05 bits per heavy atom. The van der Waals surface area contributed by atoms with E-state index in [9.17, 15) is 4.79 Å². The molecule has 1 atom stereocenters. The molecule has 0 radical (unpaired) electrons. The van der Waals surface area contributed by atoms with Gasteiger partial charge in [-0.05, 0) is 32.1 Å². The van der Waals surface area contributed by atoms with Crippen LogP contribution in [0, 0.1) is 0 Å². The van der Waals surface area contributed by atoms with E-state index in [0.29, 0.717) is 11.5 Å². The molecule has 0 aliphatic carbocycles. The van der Waals surface area contributed by atoms with Crippen LogP contribution in [-0.4, -0.2) is 47.5 Å². The van der Waals surface area contributed by atoms with Gasteiger partial charge in [-0.1, -0.05) is 0 Å². The molecular weight excluding hydrogens is 242 g/mol. The third kappa shape index (κ3) is 2.00. The van der Waals surface area contributed by atoms with Crippen LogP contribution >= 0.6 is 0 Å². The Labute approximate surface area is 111 Å². The number of ether oxygens (including phenoxy) is 1. The molecule has 3 rings (SSSR count). The first-order chi connectivity index (χ1) is 9.20. The van der Waals surface area contributed by atoms with E-state index in [1.165, 1.54) is 7.11 Å². The fourth-order valence-electron chi connectivity index (χ4n) is 2.77. The van der Waals surface area contributed by atoms with Gasteiger partial charge in [0.1, 0.15) is 5.82 Å². The van der Waals surface area contributed by atoms with Gasteiger partial charge in [0, 0.05) is 18.7 Å². The number of pyridine rings is 1. The molecule has 1 fully saturated rings. The number of fused-ring (bicyclic) bond motifs is 1. The maximum Gasteiger partial charge on any atom is 0.340 e. The van der Waals surface area contributed by atoms with Gasteiger partial charge < -0.3 is 14.0 Å². The van der Waals surface area contributed by atoms with E-state index >= 15 is 0 Å². The summed E-state index contributed by atoms with van der Waals surface area (Å²) in [5.41, 5.74) is 1.38. The van der Waals surface area contributed by atoms with E-state index in [4.69, 9.17) is 4.74 Å². The zero-order valence-electron chi connectivity index (χ0n) is 11.2. The summed E-state index contributed by atoms with van der Waals surface area (Å²) in [6.45, 7) is 2.11. The van der Waals surface area contributed by atoms with Crippen LogP contribution in [0.2, 0.25) is 0 Å². The zero-order chi connectivity index (χ0) is 13.4. The number of hydrogen-bond acceptors (Lipinski definition) is 4. The monoisotopic (exact) mass is 259 g/mol. The molecule has 0 aromatic carbocycles. The number of hydrogen-bond donors (Lipinski definition) is 0. The number of esters is 1. The van der Waals surface area contributed by atoms with Crippen LogP contribution < -0.4 is 0 Å². The van der Waals surface area contributed by atoms with Crippen molar-refractivity contribution in [3.8, 4) is 0 Å². The molecule has 5 heteroatoms. The van der Waals surface area contributed by atoms with Gasteiger partial charge in [-0.3, -0.25) is 0 Å². The van der Waals surface area contributed by atoms with Crippen LogP contribution in [0.5, 0.6) is 0 Å². The molecule has 1 saturated heterocycles. The largest absolute Gasteiger partial charge is 0.465 e. The van der Waals surface area contributed by atoms with Gasteiger partial charge in [0.05, 0.1) is 24.4 Å². The Bertz CT molecular complexity index is 620. The Morgan fingerprint density at radius 2 is 2.37 bits per heavy atom. The fraction of sp³-hybridized carbons (Fsp3) is 0.429. The van der Waals surface area contributed by atoms with Crippen molar-refractivity contribution >= 4 is 11.5 Å². The van der Waals surface area contributed by atoms with E-state index in [1.807, 2.05) is 16.7 Å². The van der Waals surface area contributed by atoms with Crippen molar-refractivity contribution in [2.45, 2.75) is 12.3 Å². The topological polar surface area (TPSA) is 46.8 Å². The lowest BCUT2D eigenvalue weighted by molar-refractivity contribution is 0.0602. The lowest BCUT2D eigenvalue weighted by atomic mass is 10.1. The molecule has 0 spiro atoms. The number of imidazole rings is 1. The molecule has 0 amide bonds. The first-order valence-electron chi connectivity index (χ1n) is 6.43. The van der Waals surface area contributed by atoms with Crippen molar-refractivity contribution in [1.29, 1.82) is 0 Å². The summed E-state index contributed by atoms with van der Waals surface area (Å²) in [6, 6.07) is 3.64. The smallest absolute Gasteiger partial charge is 0.340 e. The lowest BCUT2D eigenvalue weighted by Crippen LogP contribution is -2.14. The summed E-state index contributed by atoms with van der Waals surface area (Å²) in [6.07, 6.45) is 4.83. The molecule has 1 aliphatic heterocycles. The van der Waals surface area contributed by atoms with E-state index in [0.717, 1.165) is 30.9 Å². The van der Waals surface area contributed by atoms with E-state index in [1.54, 1.807) is 12.3 Å². The molecule has 0 N–H and O–H groups in total. The average molecular weight is 259 g/mol. The predicted molar refractivity (Wildman–Crippen MR) is 71.4 cm³/mol. The first kappa shape index (κ1) is 12.2. The van der Waals surface area contributed by atoms with Crippen molar-refractivity contribution in [1.82, 2.24) is 14.3 Å². The van der Waals surface area contributed by atoms with Gasteiger partial charge in [-0.15, -0.1) is 0 Å². The maximum atomic E-state index is 11.7. The summed E-state index contributed by atoms with van der Waals surface area (Å²) in [5.74, 6) is 1.14. The van der Waals surface area contributed by atoms with Gasteiger partial charge >= 0.3 is 5.97 Å². The molecule has 1 aliphatic rings. The van der Waals surface area contributed by atoms with Crippen LogP contribution in [0.1, 0.15) is 28.5 Å². The Hall–Kier alpha value is -1.88. The molecule has 1 unspecified atom stereocenters. The second-order valence-corrected chi connectivity index (χ2v) is 5.03. The summed E-state index contributed by atoms with van der Waals surface area (Å²) >= 11 is 0. The zero-order valence-corrected chi connectivity index (χ0v) is 11.2. The standard InChI is InChI=1S/C14H17N3O2/c1-16-7-5-10(9-16)13-15-8-12-11(14(18)19-2)4-3-6-17(12)13/h3-4,6,8,10H,5,7,9H2,1-2H3. The average Bonchev–Trinajstić information content (AvgIpc) is 3.03. The van der Waals surface area contributed by atoms with Crippen molar-refractivity contribution in [3.05, 3.63) is 35.9 Å². The van der Waals surface area contributed by atoms with Gasteiger partial charge in [0.15, 0.2) is 0 Å². The Kier molecular flexibility index (Phi) is 2.98. The molecule has 2 aromatic heterocycles. The maximum absolute atomic E-state index is 11.7. The third-order valence-corrected chi connectivity index (χ3v) is 3.76. The number of carbonyl (C=O) groups is 1. The number of rotatable bonds is 2. The lowest BCUT2D eigenvalue weighted by Gasteiger charge is -2.10. The molecule has 0 bridgehead atoms. The molecular formula is C14H17N3O2. The minimum absolute atomic E-state index is 0.319. The highest BCUT2D eigenvalue weighted by Crippen LogP contribution is 2.26. The second kappa shape index (κ2) is 4.66. The van der Waals surface area contributed by atoms with Gasteiger partial charge in [-0.25, -0.2) is 9.78 Å². The summed E-state index contributed by atoms with van der Waals surface area (Å²) in [4.78, 5) is 18.6. The summed E-state index contributed by atoms with van der Waals surface area (Å²) in [5, 5.41) is 0. The number of methoxy groups -OCH3 is 1. The van der Waals surface area contributed by atoms with Crippen LogP contribution in [0.3, 0.4) is 0 Å². The molecule has 3 heterocycles. The van der Waals surface area contributed by atoms with Crippen molar-refractivity contribution in [2.24, 2.45) is 0 Å². The van der Waals surface area contributed by atoms with Crippen LogP contribution in [-0.2, 0) is 4.74 Å². The molecule has 2 aromatic rings. The number of nitrogens with zero attached hydrogens (tertiary/aromatic N) is 3. The van der Waals surface area contributed by atoms with E-state index < -0.39 is 0 Å². The number of carbonyl (C=O) groups excluding carboxylic acids is 1. The highest BCUT2D eigenvalue weighted by molar-refractivity contribution is 5.96. The predicted octanol–water partition coefficient (Wildman–Crippen LogP) is 1.54. The van der Waals surface area contributed by atoms with Crippen molar-refractivity contribution in [2.75, 3.05) is 27.2 Å². The highest BCUT2D eigenvalue weighted by Gasteiger charge is 2.25. The van der Waals surface area contributed by atoms with Crippen LogP contribution in [0.15, 0.2) is 24.5 Å². The number of likely N-dealkylation sites (N-methyl/N-ethyl adjacent to an activating group) is 1. The van der Waals surface area contributed by atoms with Gasteiger partial charge in [-0.2, -0.15) is 0 Å².